The zero-order chi connectivity index (χ0) is 12.3. The van der Waals surface area contributed by atoms with Crippen molar-refractivity contribution >= 4 is 22.9 Å². The van der Waals surface area contributed by atoms with E-state index in [9.17, 15) is 5.11 Å². The van der Waals surface area contributed by atoms with Crippen LogP contribution in [0.15, 0.2) is 24.3 Å². The van der Waals surface area contributed by atoms with Crippen molar-refractivity contribution < 1.29 is 5.11 Å². The molecular formula is C13H14ClNOS. The summed E-state index contributed by atoms with van der Waals surface area (Å²) < 4.78 is 0. The molecule has 0 unspecified atom stereocenters. The zero-order valence-electron chi connectivity index (χ0n) is 9.61. The number of thiazole rings is 1. The Morgan fingerprint density at radius 3 is 2.82 bits per heavy atom. The van der Waals surface area contributed by atoms with Gasteiger partial charge in [0.1, 0.15) is 0 Å². The quantitative estimate of drug-likeness (QED) is 0.921. The Hall–Kier alpha value is -0.900. The van der Waals surface area contributed by atoms with Crippen LogP contribution >= 0.6 is 22.9 Å². The predicted molar refractivity (Wildman–Crippen MR) is 71.7 cm³/mol. The maximum absolute atomic E-state index is 9.20. The van der Waals surface area contributed by atoms with Crippen LogP contribution in [0.4, 0.5) is 0 Å². The molecule has 4 heteroatoms. The minimum Gasteiger partial charge on any atom is -0.390 e. The maximum atomic E-state index is 9.20. The van der Waals surface area contributed by atoms with Crippen LogP contribution in [0.2, 0.25) is 5.02 Å². The van der Waals surface area contributed by atoms with Gasteiger partial charge in [0, 0.05) is 16.3 Å². The van der Waals surface area contributed by atoms with Gasteiger partial charge in [-0.15, -0.1) is 11.3 Å². The van der Waals surface area contributed by atoms with E-state index < -0.39 is 0 Å². The highest BCUT2D eigenvalue weighted by molar-refractivity contribution is 7.11. The smallest absolute Gasteiger partial charge is 0.0976 e. The van der Waals surface area contributed by atoms with Crippen molar-refractivity contribution in [1.82, 2.24) is 4.98 Å². The Morgan fingerprint density at radius 2 is 2.24 bits per heavy atom. The van der Waals surface area contributed by atoms with Gasteiger partial charge in [0.2, 0.25) is 0 Å². The SMILES string of the molecule is CCc1sc(Cc2cccc(Cl)c2)nc1CO. The van der Waals surface area contributed by atoms with Gasteiger partial charge in [-0.25, -0.2) is 4.98 Å². The highest BCUT2D eigenvalue weighted by Gasteiger charge is 2.09. The summed E-state index contributed by atoms with van der Waals surface area (Å²) in [5, 5.41) is 11.0. The van der Waals surface area contributed by atoms with Crippen LogP contribution in [0, 0.1) is 0 Å². The van der Waals surface area contributed by atoms with E-state index in [1.165, 1.54) is 4.88 Å². The molecule has 0 saturated heterocycles. The lowest BCUT2D eigenvalue weighted by Crippen LogP contribution is -1.90. The van der Waals surface area contributed by atoms with Crippen LogP contribution in [0.1, 0.15) is 28.1 Å². The van der Waals surface area contributed by atoms with Crippen molar-refractivity contribution in [3.8, 4) is 0 Å². The first kappa shape index (κ1) is 12.6. The monoisotopic (exact) mass is 267 g/mol. The summed E-state index contributed by atoms with van der Waals surface area (Å²) in [5.74, 6) is 0. The summed E-state index contributed by atoms with van der Waals surface area (Å²) in [4.78, 5) is 5.62. The zero-order valence-corrected chi connectivity index (χ0v) is 11.2. The number of rotatable bonds is 4. The molecular weight excluding hydrogens is 254 g/mol. The Bertz CT molecular complexity index is 488. The number of aryl methyl sites for hydroxylation is 1. The molecule has 90 valence electrons. The summed E-state index contributed by atoms with van der Waals surface area (Å²) >= 11 is 7.62. The van der Waals surface area contributed by atoms with E-state index in [0.717, 1.165) is 34.1 Å². The Kier molecular flexibility index (Phi) is 4.15. The van der Waals surface area contributed by atoms with E-state index in [1.807, 2.05) is 24.3 Å². The molecule has 2 rings (SSSR count). The Balaban J connectivity index is 2.21. The Labute approximate surface area is 110 Å². The highest BCUT2D eigenvalue weighted by atomic mass is 35.5. The molecule has 0 aliphatic rings. The van der Waals surface area contributed by atoms with E-state index in [0.29, 0.717) is 0 Å². The first-order valence-electron chi connectivity index (χ1n) is 5.55. The van der Waals surface area contributed by atoms with Crippen molar-refractivity contribution in [3.05, 3.63) is 50.4 Å². The summed E-state index contributed by atoms with van der Waals surface area (Å²) in [6.45, 7) is 2.10. The fourth-order valence-corrected chi connectivity index (χ4v) is 3.00. The van der Waals surface area contributed by atoms with Gasteiger partial charge in [-0.2, -0.15) is 0 Å². The summed E-state index contributed by atoms with van der Waals surface area (Å²) in [6.07, 6.45) is 1.70. The second kappa shape index (κ2) is 5.63. The minimum absolute atomic E-state index is 0.0230. The van der Waals surface area contributed by atoms with E-state index in [4.69, 9.17) is 11.6 Å². The number of aliphatic hydroxyl groups is 1. The lowest BCUT2D eigenvalue weighted by Gasteiger charge is -1.98. The third kappa shape index (κ3) is 3.06. The van der Waals surface area contributed by atoms with Crippen LogP contribution in [-0.4, -0.2) is 10.1 Å². The molecule has 17 heavy (non-hydrogen) atoms. The van der Waals surface area contributed by atoms with Gasteiger partial charge in [0.25, 0.3) is 0 Å². The third-order valence-electron chi connectivity index (χ3n) is 2.54. The van der Waals surface area contributed by atoms with Crippen LogP contribution in [0.25, 0.3) is 0 Å². The molecule has 0 spiro atoms. The van der Waals surface area contributed by atoms with Gasteiger partial charge in [-0.05, 0) is 24.1 Å². The van der Waals surface area contributed by atoms with Crippen molar-refractivity contribution in [2.24, 2.45) is 0 Å². The molecule has 1 N–H and O–H groups in total. The number of aliphatic hydroxyl groups excluding tert-OH is 1. The molecule has 2 aromatic rings. The summed E-state index contributed by atoms with van der Waals surface area (Å²) in [7, 11) is 0. The Morgan fingerprint density at radius 1 is 1.41 bits per heavy atom. The van der Waals surface area contributed by atoms with E-state index in [1.54, 1.807) is 11.3 Å². The van der Waals surface area contributed by atoms with Crippen LogP contribution in [0.3, 0.4) is 0 Å². The van der Waals surface area contributed by atoms with Crippen LogP contribution in [0.5, 0.6) is 0 Å². The van der Waals surface area contributed by atoms with Crippen molar-refractivity contribution in [2.75, 3.05) is 0 Å². The first-order valence-corrected chi connectivity index (χ1v) is 6.75. The van der Waals surface area contributed by atoms with Gasteiger partial charge in [0.15, 0.2) is 0 Å². The number of hydrogen-bond donors (Lipinski definition) is 1. The van der Waals surface area contributed by atoms with Gasteiger partial charge in [-0.1, -0.05) is 30.7 Å². The minimum atomic E-state index is 0.0230. The maximum Gasteiger partial charge on any atom is 0.0976 e. The van der Waals surface area contributed by atoms with Gasteiger partial charge >= 0.3 is 0 Å². The molecule has 0 radical (unpaired) electrons. The predicted octanol–water partition coefficient (Wildman–Crippen LogP) is 3.44. The average molecular weight is 268 g/mol. The second-order valence-corrected chi connectivity index (χ2v) is 5.40. The van der Waals surface area contributed by atoms with Gasteiger partial charge < -0.3 is 5.11 Å². The lowest BCUT2D eigenvalue weighted by atomic mass is 10.2. The van der Waals surface area contributed by atoms with Crippen molar-refractivity contribution in [3.63, 3.8) is 0 Å². The summed E-state index contributed by atoms with van der Waals surface area (Å²) in [6, 6.07) is 7.80. The molecule has 1 aromatic heterocycles. The van der Waals surface area contributed by atoms with Crippen LogP contribution in [-0.2, 0) is 19.4 Å². The molecule has 0 saturated carbocycles. The highest BCUT2D eigenvalue weighted by Crippen LogP contribution is 2.22. The molecule has 0 aliphatic heterocycles. The van der Waals surface area contributed by atoms with E-state index in [-0.39, 0.29) is 6.61 Å². The van der Waals surface area contributed by atoms with E-state index in [2.05, 4.69) is 11.9 Å². The van der Waals surface area contributed by atoms with Crippen molar-refractivity contribution in [2.45, 2.75) is 26.4 Å². The van der Waals surface area contributed by atoms with Gasteiger partial charge in [-0.3, -0.25) is 0 Å². The molecule has 0 atom stereocenters. The average Bonchev–Trinajstić information content (AvgIpc) is 2.71. The number of aromatic nitrogens is 1. The fraction of sp³-hybridized carbons (Fsp3) is 0.308. The molecule has 0 amide bonds. The molecule has 0 aliphatic carbocycles. The number of benzene rings is 1. The molecule has 1 aromatic carbocycles. The molecule has 0 fully saturated rings. The van der Waals surface area contributed by atoms with Crippen molar-refractivity contribution in [1.29, 1.82) is 0 Å². The lowest BCUT2D eigenvalue weighted by molar-refractivity contribution is 0.276. The van der Waals surface area contributed by atoms with Crippen LogP contribution < -0.4 is 0 Å². The number of halogens is 1. The standard InChI is InChI=1S/C13H14ClNOS/c1-2-12-11(8-16)15-13(17-12)7-9-4-3-5-10(14)6-9/h3-6,16H,2,7-8H2,1H3. The second-order valence-electron chi connectivity index (χ2n) is 3.80. The molecule has 0 bridgehead atoms. The fourth-order valence-electron chi connectivity index (χ4n) is 1.73. The third-order valence-corrected chi connectivity index (χ3v) is 4.01. The molecule has 2 nitrogen and oxygen atoms in total. The topological polar surface area (TPSA) is 33.1 Å². The summed E-state index contributed by atoms with van der Waals surface area (Å²) in [5.41, 5.74) is 1.97. The number of nitrogens with zero attached hydrogens (tertiary/aromatic N) is 1. The number of hydrogen-bond acceptors (Lipinski definition) is 3. The largest absolute Gasteiger partial charge is 0.390 e. The molecule has 1 heterocycles. The normalized spacial score (nSPS) is 10.8. The van der Waals surface area contributed by atoms with E-state index >= 15 is 0 Å². The first-order chi connectivity index (χ1) is 8.22. The van der Waals surface area contributed by atoms with Gasteiger partial charge in [0.05, 0.1) is 17.3 Å².